The molecule has 4 N–H and O–H groups in total. The second-order valence-corrected chi connectivity index (χ2v) is 7.57. The number of methoxy groups -OCH3 is 1. The molecular formula is C23H36N4O3. The Morgan fingerprint density at radius 1 is 1.27 bits per heavy atom. The van der Waals surface area contributed by atoms with Crippen LogP contribution in [0, 0.1) is 12.3 Å². The van der Waals surface area contributed by atoms with Crippen molar-refractivity contribution >= 4 is 11.6 Å². The third kappa shape index (κ3) is 8.62. The van der Waals surface area contributed by atoms with Crippen LogP contribution < -0.4 is 21.1 Å². The Balaban J connectivity index is 1.54. The molecule has 30 heavy (non-hydrogen) atoms. The lowest BCUT2D eigenvalue weighted by Crippen LogP contribution is -2.46. The van der Waals surface area contributed by atoms with Gasteiger partial charge in [0.15, 0.2) is 0 Å². The average Bonchev–Trinajstić information content (AvgIpc) is 2.76. The molecular weight excluding hydrogens is 380 g/mol. The van der Waals surface area contributed by atoms with E-state index >= 15 is 0 Å². The maximum atomic E-state index is 12.5. The Labute approximate surface area is 180 Å². The van der Waals surface area contributed by atoms with Crippen molar-refractivity contribution in [3.05, 3.63) is 23.8 Å². The van der Waals surface area contributed by atoms with Gasteiger partial charge < -0.3 is 30.7 Å². The standard InChI is InChI=1S/C23H36N4O3/c1-3-4-5-16-30-17-6-11-25-12-15-27-13-9-20(10-14-27)26-23(28)19-7-8-21(24)22(18-19)29-2/h1,7-8,18,20,25H,4-6,9-17,24H2,2H3,(H,26,28). The van der Waals surface area contributed by atoms with E-state index in [1.807, 2.05) is 0 Å². The van der Waals surface area contributed by atoms with Gasteiger partial charge in [-0.05, 0) is 50.4 Å². The smallest absolute Gasteiger partial charge is 0.251 e. The topological polar surface area (TPSA) is 88.9 Å². The summed E-state index contributed by atoms with van der Waals surface area (Å²) in [4.78, 5) is 14.9. The number of hydrogen-bond donors (Lipinski definition) is 3. The Morgan fingerprint density at radius 3 is 2.77 bits per heavy atom. The minimum atomic E-state index is -0.0741. The van der Waals surface area contributed by atoms with E-state index in [-0.39, 0.29) is 11.9 Å². The lowest BCUT2D eigenvalue weighted by molar-refractivity contribution is 0.0910. The van der Waals surface area contributed by atoms with Crippen LogP contribution in [0.4, 0.5) is 5.69 Å². The summed E-state index contributed by atoms with van der Waals surface area (Å²) in [5.74, 6) is 3.07. The molecule has 1 amide bonds. The van der Waals surface area contributed by atoms with Gasteiger partial charge in [-0.25, -0.2) is 0 Å². The number of piperidine rings is 1. The number of rotatable bonds is 13. The fraction of sp³-hybridized carbons (Fsp3) is 0.609. The van der Waals surface area contributed by atoms with E-state index in [1.54, 1.807) is 25.3 Å². The largest absolute Gasteiger partial charge is 0.495 e. The molecule has 0 bridgehead atoms. The zero-order chi connectivity index (χ0) is 21.6. The molecule has 2 rings (SSSR count). The maximum Gasteiger partial charge on any atom is 0.251 e. The number of anilines is 1. The zero-order valence-electron chi connectivity index (χ0n) is 18.1. The summed E-state index contributed by atoms with van der Waals surface area (Å²) in [6.45, 7) is 6.49. The summed E-state index contributed by atoms with van der Waals surface area (Å²) in [5.41, 5.74) is 6.92. The summed E-state index contributed by atoms with van der Waals surface area (Å²) < 4.78 is 10.7. The van der Waals surface area contributed by atoms with E-state index in [9.17, 15) is 4.79 Å². The molecule has 1 saturated heterocycles. The predicted octanol–water partition coefficient (Wildman–Crippen LogP) is 1.88. The van der Waals surface area contributed by atoms with E-state index in [2.05, 4.69) is 21.5 Å². The van der Waals surface area contributed by atoms with Crippen molar-refractivity contribution in [2.75, 3.05) is 58.8 Å². The second kappa shape index (κ2) is 13.9. The van der Waals surface area contributed by atoms with Crippen molar-refractivity contribution in [2.24, 2.45) is 0 Å². The first-order valence-electron chi connectivity index (χ1n) is 10.8. The molecule has 1 aromatic carbocycles. The van der Waals surface area contributed by atoms with Crippen molar-refractivity contribution in [2.45, 2.75) is 38.1 Å². The number of likely N-dealkylation sites (tertiary alicyclic amines) is 1. The first kappa shape index (κ1) is 24.0. The molecule has 7 nitrogen and oxygen atoms in total. The van der Waals surface area contributed by atoms with Gasteiger partial charge in [-0.2, -0.15) is 0 Å². The number of unbranched alkanes of at least 4 members (excludes halogenated alkanes) is 1. The molecule has 0 unspecified atom stereocenters. The number of nitrogens with zero attached hydrogens (tertiary/aromatic N) is 1. The van der Waals surface area contributed by atoms with Crippen molar-refractivity contribution in [1.82, 2.24) is 15.5 Å². The summed E-state index contributed by atoms with van der Waals surface area (Å²) in [6, 6.07) is 5.33. The number of amides is 1. The number of nitrogen functional groups attached to an aromatic ring is 1. The first-order chi connectivity index (χ1) is 14.6. The molecule has 0 aliphatic carbocycles. The minimum absolute atomic E-state index is 0.0741. The lowest BCUT2D eigenvalue weighted by atomic mass is 10.0. The third-order valence-electron chi connectivity index (χ3n) is 5.28. The van der Waals surface area contributed by atoms with Crippen LogP contribution in [-0.4, -0.2) is 69.9 Å². The summed E-state index contributed by atoms with van der Waals surface area (Å²) in [5, 5.41) is 6.60. The van der Waals surface area contributed by atoms with Crippen LogP contribution in [0.25, 0.3) is 0 Å². The molecule has 0 spiro atoms. The fourth-order valence-electron chi connectivity index (χ4n) is 3.46. The highest BCUT2D eigenvalue weighted by Gasteiger charge is 2.21. The van der Waals surface area contributed by atoms with E-state index in [0.717, 1.165) is 78.0 Å². The van der Waals surface area contributed by atoms with Crippen LogP contribution in [0.15, 0.2) is 18.2 Å². The molecule has 0 aromatic heterocycles. The van der Waals surface area contributed by atoms with Gasteiger partial charge >= 0.3 is 0 Å². The second-order valence-electron chi connectivity index (χ2n) is 7.57. The van der Waals surface area contributed by atoms with Crippen molar-refractivity contribution in [3.63, 3.8) is 0 Å². The molecule has 0 atom stereocenters. The Hall–Kier alpha value is -2.27. The molecule has 1 aliphatic heterocycles. The number of nitrogens with two attached hydrogens (primary N) is 1. The molecule has 7 heteroatoms. The van der Waals surface area contributed by atoms with Crippen LogP contribution in [0.3, 0.4) is 0 Å². The van der Waals surface area contributed by atoms with E-state index in [4.69, 9.17) is 21.6 Å². The highest BCUT2D eigenvalue weighted by atomic mass is 16.5. The summed E-state index contributed by atoms with van der Waals surface area (Å²) >= 11 is 0. The van der Waals surface area contributed by atoms with Gasteiger partial charge in [0.2, 0.25) is 0 Å². The predicted molar refractivity (Wildman–Crippen MR) is 121 cm³/mol. The van der Waals surface area contributed by atoms with Crippen LogP contribution >= 0.6 is 0 Å². The van der Waals surface area contributed by atoms with Gasteiger partial charge in [0.1, 0.15) is 5.75 Å². The van der Waals surface area contributed by atoms with Crippen LogP contribution in [0.1, 0.15) is 42.5 Å². The maximum absolute atomic E-state index is 12.5. The number of nitrogens with one attached hydrogen (secondary N) is 2. The highest BCUT2D eigenvalue weighted by Crippen LogP contribution is 2.22. The van der Waals surface area contributed by atoms with Gasteiger partial charge in [-0.1, -0.05) is 0 Å². The quantitative estimate of drug-likeness (QED) is 0.259. The number of benzene rings is 1. The Kier molecular flexibility index (Phi) is 11.1. The normalized spacial score (nSPS) is 14.9. The van der Waals surface area contributed by atoms with Crippen molar-refractivity contribution in [1.29, 1.82) is 0 Å². The van der Waals surface area contributed by atoms with Gasteiger partial charge in [0.25, 0.3) is 5.91 Å². The lowest BCUT2D eigenvalue weighted by Gasteiger charge is -2.32. The van der Waals surface area contributed by atoms with E-state index in [0.29, 0.717) is 17.0 Å². The average molecular weight is 417 g/mol. The number of ether oxygens (including phenoxy) is 2. The highest BCUT2D eigenvalue weighted by molar-refractivity contribution is 5.95. The Bertz CT molecular complexity index is 682. The fourth-order valence-corrected chi connectivity index (χ4v) is 3.46. The van der Waals surface area contributed by atoms with Crippen LogP contribution in [-0.2, 0) is 4.74 Å². The zero-order valence-corrected chi connectivity index (χ0v) is 18.1. The minimum Gasteiger partial charge on any atom is -0.495 e. The van der Waals surface area contributed by atoms with Gasteiger partial charge in [0.05, 0.1) is 12.8 Å². The number of terminal acetylenes is 1. The summed E-state index contributed by atoms with van der Waals surface area (Å²) in [7, 11) is 1.55. The SMILES string of the molecule is C#CCCCOCCCNCCN1CCC(NC(=O)c2ccc(N)c(OC)c2)CC1. The molecule has 0 saturated carbocycles. The van der Waals surface area contributed by atoms with Gasteiger partial charge in [-0.15, -0.1) is 12.3 Å². The van der Waals surface area contributed by atoms with Crippen LogP contribution in [0.2, 0.25) is 0 Å². The third-order valence-corrected chi connectivity index (χ3v) is 5.28. The number of carbonyl (C=O) groups excluding carboxylic acids is 1. The number of carbonyl (C=O) groups is 1. The molecule has 1 heterocycles. The van der Waals surface area contributed by atoms with Crippen molar-refractivity contribution in [3.8, 4) is 18.1 Å². The van der Waals surface area contributed by atoms with E-state index < -0.39 is 0 Å². The first-order valence-corrected chi connectivity index (χ1v) is 10.8. The molecule has 1 aliphatic rings. The molecule has 1 fully saturated rings. The van der Waals surface area contributed by atoms with Gasteiger partial charge in [0, 0.05) is 57.4 Å². The van der Waals surface area contributed by atoms with Gasteiger partial charge in [-0.3, -0.25) is 4.79 Å². The number of hydrogen-bond acceptors (Lipinski definition) is 6. The monoisotopic (exact) mass is 416 g/mol. The van der Waals surface area contributed by atoms with Crippen LogP contribution in [0.5, 0.6) is 5.75 Å². The molecule has 1 aromatic rings. The Morgan fingerprint density at radius 2 is 2.03 bits per heavy atom. The van der Waals surface area contributed by atoms with Crippen molar-refractivity contribution < 1.29 is 14.3 Å². The molecule has 0 radical (unpaired) electrons. The summed E-state index contributed by atoms with van der Waals surface area (Å²) in [6.07, 6.45) is 9.87. The van der Waals surface area contributed by atoms with E-state index in [1.165, 1.54) is 0 Å². The molecule has 166 valence electrons.